The molecule has 1 aliphatic rings. The first-order valence-corrected chi connectivity index (χ1v) is 12.0. The van der Waals surface area contributed by atoms with E-state index in [1.165, 1.54) is 4.31 Å². The number of carbonyl (C=O) groups excluding carboxylic acids is 1. The highest BCUT2D eigenvalue weighted by atomic mass is 32.2. The summed E-state index contributed by atoms with van der Waals surface area (Å²) in [7, 11) is -2.00. The summed E-state index contributed by atoms with van der Waals surface area (Å²) in [6, 6.07) is 21.6. The molecule has 6 nitrogen and oxygen atoms in total. The van der Waals surface area contributed by atoms with Crippen molar-refractivity contribution in [1.82, 2.24) is 0 Å². The summed E-state index contributed by atoms with van der Waals surface area (Å²) in [5, 5.41) is 2.94. The fraction of sp³-hybridized carbons (Fsp3) is 0.240. The number of anilines is 2. The van der Waals surface area contributed by atoms with Crippen molar-refractivity contribution in [2.45, 2.75) is 30.6 Å². The topological polar surface area (TPSA) is 75.7 Å². The first kappa shape index (κ1) is 21.9. The molecule has 166 valence electrons. The zero-order valence-corrected chi connectivity index (χ0v) is 18.8. The predicted molar refractivity (Wildman–Crippen MR) is 126 cm³/mol. The maximum atomic E-state index is 13.1. The van der Waals surface area contributed by atoms with Gasteiger partial charge >= 0.3 is 0 Å². The van der Waals surface area contributed by atoms with Crippen LogP contribution in [0.4, 0.5) is 11.4 Å². The monoisotopic (exact) mass is 450 g/mol. The van der Waals surface area contributed by atoms with Crippen LogP contribution in [0.5, 0.6) is 5.75 Å². The molecule has 0 unspecified atom stereocenters. The van der Waals surface area contributed by atoms with Crippen molar-refractivity contribution < 1.29 is 17.9 Å². The number of nitrogens with one attached hydrogen (secondary N) is 1. The van der Waals surface area contributed by atoms with Gasteiger partial charge < -0.3 is 10.1 Å². The molecule has 1 amide bonds. The van der Waals surface area contributed by atoms with Crippen molar-refractivity contribution >= 4 is 27.3 Å². The molecular weight excluding hydrogens is 424 g/mol. The van der Waals surface area contributed by atoms with Crippen molar-refractivity contribution in [3.05, 3.63) is 83.9 Å². The van der Waals surface area contributed by atoms with Gasteiger partial charge in [-0.3, -0.25) is 9.10 Å². The van der Waals surface area contributed by atoms with Gasteiger partial charge in [-0.25, -0.2) is 8.42 Å². The second-order valence-electron chi connectivity index (χ2n) is 7.73. The molecule has 0 radical (unpaired) electrons. The van der Waals surface area contributed by atoms with Gasteiger partial charge in [0.05, 0.1) is 17.7 Å². The van der Waals surface area contributed by atoms with E-state index in [1.807, 2.05) is 30.3 Å². The zero-order valence-electron chi connectivity index (χ0n) is 18.0. The van der Waals surface area contributed by atoms with Gasteiger partial charge in [-0.05, 0) is 72.9 Å². The summed E-state index contributed by atoms with van der Waals surface area (Å²) in [4.78, 5) is 12.7. The minimum atomic E-state index is -3.62. The van der Waals surface area contributed by atoms with Crippen LogP contribution in [0.2, 0.25) is 0 Å². The van der Waals surface area contributed by atoms with Gasteiger partial charge in [0.2, 0.25) is 5.91 Å². The largest absolute Gasteiger partial charge is 0.497 e. The molecule has 0 spiro atoms. The SMILES string of the molecule is COc1ccc(CCC(=O)Nc2ccc3c(c2)CCCN3S(=O)(=O)c2ccccc2)cc1. The third-order valence-corrected chi connectivity index (χ3v) is 7.40. The molecule has 0 bridgehead atoms. The molecule has 4 rings (SSSR count). The molecule has 1 heterocycles. The maximum absolute atomic E-state index is 13.1. The minimum Gasteiger partial charge on any atom is -0.497 e. The average molecular weight is 451 g/mol. The van der Waals surface area contributed by atoms with E-state index in [4.69, 9.17) is 4.74 Å². The van der Waals surface area contributed by atoms with E-state index >= 15 is 0 Å². The van der Waals surface area contributed by atoms with Crippen LogP contribution >= 0.6 is 0 Å². The van der Waals surface area contributed by atoms with Gasteiger partial charge in [0.15, 0.2) is 0 Å². The molecule has 1 aliphatic heterocycles. The number of rotatable bonds is 7. The number of sulfonamides is 1. The van der Waals surface area contributed by atoms with Gasteiger partial charge in [0.25, 0.3) is 10.0 Å². The van der Waals surface area contributed by atoms with Crippen LogP contribution in [0.1, 0.15) is 24.0 Å². The number of nitrogens with zero attached hydrogens (tertiary/aromatic N) is 1. The lowest BCUT2D eigenvalue weighted by atomic mass is 10.0. The Kier molecular flexibility index (Phi) is 6.46. The summed E-state index contributed by atoms with van der Waals surface area (Å²) in [6.07, 6.45) is 2.49. The number of hydrogen-bond donors (Lipinski definition) is 1. The second kappa shape index (κ2) is 9.44. The van der Waals surface area contributed by atoms with Crippen LogP contribution in [0.15, 0.2) is 77.7 Å². The minimum absolute atomic E-state index is 0.0784. The number of amides is 1. The summed E-state index contributed by atoms with van der Waals surface area (Å²) in [5.41, 5.74) is 3.34. The van der Waals surface area contributed by atoms with Crippen LogP contribution in [-0.4, -0.2) is 28.0 Å². The lowest BCUT2D eigenvalue weighted by molar-refractivity contribution is -0.116. The first-order chi connectivity index (χ1) is 15.5. The first-order valence-electron chi connectivity index (χ1n) is 10.6. The van der Waals surface area contributed by atoms with Crippen molar-refractivity contribution in [2.24, 2.45) is 0 Å². The van der Waals surface area contributed by atoms with Crippen LogP contribution < -0.4 is 14.4 Å². The predicted octanol–water partition coefficient (Wildman–Crippen LogP) is 4.41. The Morgan fingerprint density at radius 2 is 1.78 bits per heavy atom. The Morgan fingerprint density at radius 3 is 2.50 bits per heavy atom. The highest BCUT2D eigenvalue weighted by Crippen LogP contribution is 2.33. The lowest BCUT2D eigenvalue weighted by Gasteiger charge is -2.31. The molecular formula is C25H26N2O4S. The molecule has 32 heavy (non-hydrogen) atoms. The Hall–Kier alpha value is -3.32. The Labute approximate surface area is 188 Å². The van der Waals surface area contributed by atoms with Crippen LogP contribution in [-0.2, 0) is 27.7 Å². The average Bonchev–Trinajstić information content (AvgIpc) is 2.83. The van der Waals surface area contributed by atoms with E-state index < -0.39 is 10.0 Å². The van der Waals surface area contributed by atoms with Crippen LogP contribution in [0.3, 0.4) is 0 Å². The van der Waals surface area contributed by atoms with Gasteiger partial charge in [-0.2, -0.15) is 0 Å². The third kappa shape index (κ3) is 4.78. The summed E-state index contributed by atoms with van der Waals surface area (Å²) in [5.74, 6) is 0.709. The molecule has 0 saturated carbocycles. The highest BCUT2D eigenvalue weighted by molar-refractivity contribution is 7.92. The summed E-state index contributed by atoms with van der Waals surface area (Å²) >= 11 is 0. The molecule has 0 fully saturated rings. The fourth-order valence-corrected chi connectivity index (χ4v) is 5.45. The fourth-order valence-electron chi connectivity index (χ4n) is 3.88. The van der Waals surface area contributed by atoms with Gasteiger partial charge in [-0.15, -0.1) is 0 Å². The third-order valence-electron chi connectivity index (χ3n) is 5.57. The van der Waals surface area contributed by atoms with Gasteiger partial charge in [0.1, 0.15) is 5.75 Å². The van der Waals surface area contributed by atoms with Crippen LogP contribution in [0.25, 0.3) is 0 Å². The van der Waals surface area contributed by atoms with Crippen molar-refractivity contribution in [1.29, 1.82) is 0 Å². The maximum Gasteiger partial charge on any atom is 0.264 e. The Bertz CT molecular complexity index is 1190. The van der Waals surface area contributed by atoms with E-state index in [9.17, 15) is 13.2 Å². The van der Waals surface area contributed by atoms with E-state index in [0.29, 0.717) is 30.8 Å². The normalized spacial score (nSPS) is 13.3. The number of hydrogen-bond acceptors (Lipinski definition) is 4. The van der Waals surface area contributed by atoms with E-state index in [1.54, 1.807) is 49.6 Å². The van der Waals surface area contributed by atoms with E-state index in [-0.39, 0.29) is 10.8 Å². The molecule has 3 aromatic rings. The number of fused-ring (bicyclic) bond motifs is 1. The van der Waals surface area contributed by atoms with Crippen molar-refractivity contribution in [3.8, 4) is 5.75 Å². The summed E-state index contributed by atoms with van der Waals surface area (Å²) < 4.78 is 32.9. The zero-order chi connectivity index (χ0) is 22.6. The lowest BCUT2D eigenvalue weighted by Crippen LogP contribution is -2.35. The smallest absolute Gasteiger partial charge is 0.264 e. The molecule has 7 heteroatoms. The van der Waals surface area contributed by atoms with Gasteiger partial charge in [-0.1, -0.05) is 30.3 Å². The quantitative estimate of drug-likeness (QED) is 0.579. The van der Waals surface area contributed by atoms with Crippen LogP contribution in [0, 0.1) is 0 Å². The molecule has 1 N–H and O–H groups in total. The number of aryl methyl sites for hydroxylation is 2. The van der Waals surface area contributed by atoms with Crippen molar-refractivity contribution in [3.63, 3.8) is 0 Å². The number of carbonyl (C=O) groups is 1. The molecule has 0 saturated heterocycles. The highest BCUT2D eigenvalue weighted by Gasteiger charge is 2.29. The molecule has 0 atom stereocenters. The van der Waals surface area contributed by atoms with E-state index in [0.717, 1.165) is 29.7 Å². The molecule has 3 aromatic carbocycles. The second-order valence-corrected chi connectivity index (χ2v) is 9.60. The Morgan fingerprint density at radius 1 is 1.03 bits per heavy atom. The molecule has 0 aliphatic carbocycles. The number of ether oxygens (including phenoxy) is 1. The number of methoxy groups -OCH3 is 1. The Balaban J connectivity index is 1.44. The standard InChI is InChI=1S/C25H26N2O4S/c1-31-22-13-9-19(10-14-22)11-16-25(28)26-21-12-15-24-20(18-21)6-5-17-27(24)32(29,30)23-7-3-2-4-8-23/h2-4,7-10,12-15,18H,5-6,11,16-17H2,1H3,(H,26,28). The van der Waals surface area contributed by atoms with Crippen molar-refractivity contribution in [2.75, 3.05) is 23.3 Å². The van der Waals surface area contributed by atoms with E-state index in [2.05, 4.69) is 5.32 Å². The number of benzene rings is 3. The molecule has 0 aromatic heterocycles. The van der Waals surface area contributed by atoms with Gasteiger partial charge in [0, 0.05) is 18.7 Å². The summed E-state index contributed by atoms with van der Waals surface area (Å²) in [6.45, 7) is 0.442.